The van der Waals surface area contributed by atoms with E-state index >= 15 is 0 Å². The Labute approximate surface area is 125 Å². The van der Waals surface area contributed by atoms with Crippen LogP contribution in [0, 0.1) is 0 Å². The fourth-order valence-electron chi connectivity index (χ4n) is 3.08. The number of thiophene rings is 1. The normalized spacial score (nSPS) is 12.8. The molecular formula is C17H33PS. The Hall–Kier alpha value is 0.130. The van der Waals surface area contributed by atoms with Gasteiger partial charge in [-0.15, -0.1) is 0 Å². The molecule has 0 aromatic carbocycles. The van der Waals surface area contributed by atoms with Crippen molar-refractivity contribution in [2.24, 2.45) is 0 Å². The Morgan fingerprint density at radius 2 is 1.42 bits per heavy atom. The third-order valence-corrected chi connectivity index (χ3v) is 10.8. The van der Waals surface area contributed by atoms with E-state index < -0.39 is 7.26 Å². The van der Waals surface area contributed by atoms with Gasteiger partial charge in [-0.1, -0.05) is 0 Å². The first kappa shape index (κ1) is 17.2. The van der Waals surface area contributed by atoms with Crippen molar-refractivity contribution in [3.8, 4) is 0 Å². The molecule has 0 unspecified atom stereocenters. The van der Waals surface area contributed by atoms with Gasteiger partial charge in [-0.3, -0.25) is 0 Å². The summed E-state index contributed by atoms with van der Waals surface area (Å²) in [6, 6.07) is 4.61. The second-order valence-electron chi connectivity index (χ2n) is 6.07. The summed E-state index contributed by atoms with van der Waals surface area (Å²) in [6.45, 7) is 7.05. The molecule has 1 aromatic rings. The molecule has 0 nitrogen and oxygen atoms in total. The van der Waals surface area contributed by atoms with Gasteiger partial charge in [0.1, 0.15) is 0 Å². The summed E-state index contributed by atoms with van der Waals surface area (Å²) in [4.78, 5) is 1.66. The Morgan fingerprint density at radius 3 is 1.79 bits per heavy atom. The summed E-state index contributed by atoms with van der Waals surface area (Å²) in [7, 11) is -1.05. The molecule has 0 aliphatic heterocycles. The van der Waals surface area contributed by atoms with Crippen LogP contribution in [0.4, 0.5) is 0 Å². The van der Waals surface area contributed by atoms with Crippen LogP contribution in [0.2, 0.25) is 0 Å². The molecule has 2 heteroatoms. The van der Waals surface area contributed by atoms with Crippen LogP contribution in [0.15, 0.2) is 17.5 Å². The van der Waals surface area contributed by atoms with Crippen LogP contribution in [0.1, 0.15) is 64.2 Å². The molecule has 0 N–H and O–H groups in total. The molecule has 1 heterocycles. The zero-order valence-corrected chi connectivity index (χ0v) is 15.0. The molecule has 0 aliphatic carbocycles. The van der Waals surface area contributed by atoms with Crippen molar-refractivity contribution < 1.29 is 0 Å². The van der Waals surface area contributed by atoms with Gasteiger partial charge in [0.05, 0.1) is 0 Å². The van der Waals surface area contributed by atoms with Gasteiger partial charge < -0.3 is 0 Å². The molecule has 0 aliphatic rings. The van der Waals surface area contributed by atoms with E-state index in [2.05, 4.69) is 38.3 Å². The second kappa shape index (κ2) is 9.94. The van der Waals surface area contributed by atoms with Crippen molar-refractivity contribution in [3.05, 3.63) is 22.4 Å². The number of hydrogen-bond acceptors (Lipinski definition) is 1. The van der Waals surface area contributed by atoms with E-state index in [4.69, 9.17) is 0 Å². The van der Waals surface area contributed by atoms with E-state index in [1.807, 2.05) is 11.3 Å². The quantitative estimate of drug-likeness (QED) is 0.415. The van der Waals surface area contributed by atoms with Crippen LogP contribution >= 0.6 is 18.6 Å². The minimum atomic E-state index is -1.05. The van der Waals surface area contributed by atoms with E-state index in [1.54, 1.807) is 23.4 Å². The Kier molecular flexibility index (Phi) is 8.99. The molecule has 0 amide bonds. The number of hydrogen-bond donors (Lipinski definition) is 0. The van der Waals surface area contributed by atoms with Crippen LogP contribution in [0.25, 0.3) is 0 Å². The van der Waals surface area contributed by atoms with Crippen LogP contribution in [0.5, 0.6) is 0 Å². The van der Waals surface area contributed by atoms with Gasteiger partial charge in [0.25, 0.3) is 0 Å². The summed E-state index contributed by atoms with van der Waals surface area (Å²) in [5, 5.41) is 2.26. The van der Waals surface area contributed by atoms with Crippen molar-refractivity contribution in [1.82, 2.24) is 0 Å². The molecule has 0 radical (unpaired) electrons. The standard InChI is InChI=1S/C17H33PS/c1-4-7-12-18(13-8-5-2,14-9-6-3)16-17-11-10-15-19-17/h10-11,15,18H,4-9,12-14,16H2,1-3H3. The van der Waals surface area contributed by atoms with Crippen LogP contribution in [-0.2, 0) is 6.16 Å². The van der Waals surface area contributed by atoms with Gasteiger partial charge in [-0.2, -0.15) is 0 Å². The molecule has 0 atom stereocenters. The molecule has 1 rings (SSSR count). The summed E-state index contributed by atoms with van der Waals surface area (Å²) in [5.41, 5.74) is 0. The van der Waals surface area contributed by atoms with Crippen molar-refractivity contribution in [2.75, 3.05) is 18.5 Å². The maximum absolute atomic E-state index is 2.37. The van der Waals surface area contributed by atoms with Gasteiger partial charge in [-0.25, -0.2) is 0 Å². The monoisotopic (exact) mass is 300 g/mol. The van der Waals surface area contributed by atoms with Crippen LogP contribution in [-0.4, -0.2) is 18.5 Å². The fourth-order valence-corrected chi connectivity index (χ4v) is 10.3. The molecule has 1 aromatic heterocycles. The van der Waals surface area contributed by atoms with Crippen LogP contribution in [0.3, 0.4) is 0 Å². The van der Waals surface area contributed by atoms with Gasteiger partial charge in [0.15, 0.2) is 0 Å². The number of unbranched alkanes of at least 4 members (excludes halogenated alkanes) is 3. The predicted molar refractivity (Wildman–Crippen MR) is 95.7 cm³/mol. The van der Waals surface area contributed by atoms with Gasteiger partial charge in [0.2, 0.25) is 0 Å². The SMILES string of the molecule is CCCC[PH](CCCC)(CCCC)Cc1cccs1. The predicted octanol–water partition coefficient (Wildman–Crippen LogP) is 6.40. The van der Waals surface area contributed by atoms with E-state index in [0.29, 0.717) is 0 Å². The fraction of sp³-hybridized carbons (Fsp3) is 0.765. The first-order chi connectivity index (χ1) is 9.26. The zero-order valence-electron chi connectivity index (χ0n) is 13.2. The van der Waals surface area contributed by atoms with E-state index in [-0.39, 0.29) is 0 Å². The molecular weight excluding hydrogens is 267 g/mol. The van der Waals surface area contributed by atoms with Crippen molar-refractivity contribution >= 4 is 18.6 Å². The van der Waals surface area contributed by atoms with Crippen molar-refractivity contribution in [3.63, 3.8) is 0 Å². The van der Waals surface area contributed by atoms with E-state index in [9.17, 15) is 0 Å². The summed E-state index contributed by atoms with van der Waals surface area (Å²) in [6.07, 6.45) is 14.7. The van der Waals surface area contributed by atoms with Gasteiger partial charge >= 0.3 is 125 Å². The molecule has 0 spiro atoms. The first-order valence-corrected chi connectivity index (χ1v) is 12.0. The Morgan fingerprint density at radius 1 is 0.895 bits per heavy atom. The first-order valence-electron chi connectivity index (χ1n) is 8.28. The molecule has 112 valence electrons. The van der Waals surface area contributed by atoms with E-state index in [0.717, 1.165) is 0 Å². The summed E-state index contributed by atoms with van der Waals surface area (Å²) >= 11 is 1.98. The Bertz CT molecular complexity index is 283. The number of rotatable bonds is 11. The summed E-state index contributed by atoms with van der Waals surface area (Å²) in [5.74, 6) is 0. The average molecular weight is 300 g/mol. The maximum atomic E-state index is 2.37. The minimum absolute atomic E-state index is 1.05. The summed E-state index contributed by atoms with van der Waals surface area (Å²) < 4.78 is 0. The molecule has 19 heavy (non-hydrogen) atoms. The molecule has 0 fully saturated rings. The topological polar surface area (TPSA) is 0 Å². The van der Waals surface area contributed by atoms with Crippen LogP contribution < -0.4 is 0 Å². The third kappa shape index (κ3) is 6.41. The Balaban J connectivity index is 2.74. The molecule has 0 saturated carbocycles. The second-order valence-corrected chi connectivity index (χ2v) is 12.0. The average Bonchev–Trinajstić information content (AvgIpc) is 2.93. The van der Waals surface area contributed by atoms with Crippen molar-refractivity contribution in [1.29, 1.82) is 0 Å². The third-order valence-electron chi connectivity index (χ3n) is 4.31. The molecule has 0 bridgehead atoms. The van der Waals surface area contributed by atoms with E-state index in [1.165, 1.54) is 44.7 Å². The van der Waals surface area contributed by atoms with Crippen molar-refractivity contribution in [2.45, 2.75) is 65.5 Å². The molecule has 0 saturated heterocycles. The van der Waals surface area contributed by atoms with Gasteiger partial charge in [-0.05, 0) is 0 Å². The van der Waals surface area contributed by atoms with Gasteiger partial charge in [0, 0.05) is 0 Å². The zero-order chi connectivity index (χ0) is 14.0.